The van der Waals surface area contributed by atoms with Gasteiger partial charge in [-0.3, -0.25) is 0 Å². The number of nitrogens with two attached hydrogens (primary N) is 1. The lowest BCUT2D eigenvalue weighted by Crippen LogP contribution is -2.21. The Hall–Kier alpha value is -1.89. The van der Waals surface area contributed by atoms with Crippen molar-refractivity contribution in [1.82, 2.24) is 15.0 Å². The third-order valence-electron chi connectivity index (χ3n) is 3.03. The van der Waals surface area contributed by atoms with Crippen LogP contribution in [-0.4, -0.2) is 28.0 Å². The highest BCUT2D eigenvalue weighted by Crippen LogP contribution is 2.23. The van der Waals surface area contributed by atoms with Gasteiger partial charge in [0.2, 0.25) is 11.9 Å². The summed E-state index contributed by atoms with van der Waals surface area (Å²) in [5.41, 5.74) is 5.73. The van der Waals surface area contributed by atoms with Crippen molar-refractivity contribution in [2.24, 2.45) is 0 Å². The van der Waals surface area contributed by atoms with Crippen LogP contribution >= 0.6 is 15.9 Å². The summed E-state index contributed by atoms with van der Waals surface area (Å²) in [5.74, 6) is 1.42. The van der Waals surface area contributed by atoms with Crippen LogP contribution < -0.4 is 15.4 Å². The lowest BCUT2D eigenvalue weighted by Gasteiger charge is -2.15. The number of rotatable bonds is 3. The van der Waals surface area contributed by atoms with E-state index in [4.69, 9.17) is 10.5 Å². The van der Waals surface area contributed by atoms with Gasteiger partial charge in [-0.1, -0.05) is 15.9 Å². The summed E-state index contributed by atoms with van der Waals surface area (Å²) < 4.78 is 6.61. The van der Waals surface area contributed by atoms with Crippen molar-refractivity contribution in [2.75, 3.05) is 23.7 Å². The van der Waals surface area contributed by atoms with Crippen LogP contribution in [0.3, 0.4) is 0 Å². The molecular weight excluding hydrogens is 322 g/mol. The first-order chi connectivity index (χ1) is 9.70. The molecule has 2 N–H and O–H groups in total. The quantitative estimate of drug-likeness (QED) is 0.928. The summed E-state index contributed by atoms with van der Waals surface area (Å²) in [4.78, 5) is 14.6. The highest BCUT2D eigenvalue weighted by Gasteiger charge is 2.17. The number of nitrogen functional groups attached to an aromatic ring is 1. The van der Waals surface area contributed by atoms with Gasteiger partial charge in [0.15, 0.2) is 0 Å². The van der Waals surface area contributed by atoms with Gasteiger partial charge in [0.05, 0.1) is 0 Å². The third-order valence-corrected chi connectivity index (χ3v) is 3.56. The molecule has 104 valence electrons. The van der Waals surface area contributed by atoms with E-state index in [1.165, 1.54) is 0 Å². The number of hydrogen-bond acceptors (Lipinski definition) is 6. The molecule has 0 aliphatic carbocycles. The van der Waals surface area contributed by atoms with Gasteiger partial charge in [-0.2, -0.15) is 15.0 Å². The standard InChI is InChI=1S/C13H14BrN5O/c14-9-3-5-10(6-4-9)20-13-17-11(15)16-12(18-13)19-7-1-2-8-19/h3-6H,1-2,7-8H2,(H2,15,16,17,18). The highest BCUT2D eigenvalue weighted by atomic mass is 79.9. The number of ether oxygens (including phenoxy) is 1. The fourth-order valence-electron chi connectivity index (χ4n) is 2.07. The molecule has 0 saturated carbocycles. The molecule has 1 fully saturated rings. The predicted octanol–water partition coefficient (Wildman–Crippen LogP) is 2.61. The van der Waals surface area contributed by atoms with E-state index in [9.17, 15) is 0 Å². The molecule has 0 radical (unpaired) electrons. The summed E-state index contributed by atoms with van der Waals surface area (Å²) in [6.45, 7) is 1.89. The maximum Gasteiger partial charge on any atom is 0.328 e. The van der Waals surface area contributed by atoms with Crippen LogP contribution in [-0.2, 0) is 0 Å². The fraction of sp³-hybridized carbons (Fsp3) is 0.308. The van der Waals surface area contributed by atoms with Crippen molar-refractivity contribution >= 4 is 27.8 Å². The monoisotopic (exact) mass is 335 g/mol. The Balaban J connectivity index is 1.83. The third kappa shape index (κ3) is 2.98. The van der Waals surface area contributed by atoms with Crippen molar-refractivity contribution in [1.29, 1.82) is 0 Å². The van der Waals surface area contributed by atoms with E-state index < -0.39 is 0 Å². The van der Waals surface area contributed by atoms with E-state index in [0.717, 1.165) is 30.4 Å². The topological polar surface area (TPSA) is 77.2 Å². The molecule has 6 nitrogen and oxygen atoms in total. The first-order valence-corrected chi connectivity index (χ1v) is 7.20. The largest absolute Gasteiger partial charge is 0.424 e. The lowest BCUT2D eigenvalue weighted by atomic mass is 10.3. The van der Waals surface area contributed by atoms with Crippen LogP contribution in [0.25, 0.3) is 0 Å². The molecule has 0 amide bonds. The van der Waals surface area contributed by atoms with Crippen LogP contribution in [0.2, 0.25) is 0 Å². The maximum absolute atomic E-state index is 5.73. The minimum absolute atomic E-state index is 0.175. The zero-order valence-corrected chi connectivity index (χ0v) is 12.4. The van der Waals surface area contributed by atoms with Crippen LogP contribution in [0, 0.1) is 0 Å². The molecule has 2 heterocycles. The van der Waals surface area contributed by atoms with Gasteiger partial charge in [-0.25, -0.2) is 0 Å². The van der Waals surface area contributed by atoms with E-state index >= 15 is 0 Å². The summed E-state index contributed by atoms with van der Waals surface area (Å²) in [6.07, 6.45) is 2.29. The Morgan fingerprint density at radius 2 is 1.75 bits per heavy atom. The first kappa shape index (κ1) is 13.1. The molecule has 1 aliphatic rings. The van der Waals surface area contributed by atoms with Gasteiger partial charge in [0.25, 0.3) is 0 Å². The Bertz CT molecular complexity index is 598. The number of hydrogen-bond donors (Lipinski definition) is 1. The van der Waals surface area contributed by atoms with Gasteiger partial charge in [0, 0.05) is 17.6 Å². The predicted molar refractivity (Wildman–Crippen MR) is 79.9 cm³/mol. The van der Waals surface area contributed by atoms with Gasteiger partial charge < -0.3 is 15.4 Å². The zero-order chi connectivity index (χ0) is 13.9. The Morgan fingerprint density at radius 3 is 2.45 bits per heavy atom. The van der Waals surface area contributed by atoms with Gasteiger partial charge in [-0.15, -0.1) is 0 Å². The second kappa shape index (κ2) is 5.62. The summed E-state index contributed by atoms with van der Waals surface area (Å²) in [7, 11) is 0. The average Bonchev–Trinajstić information content (AvgIpc) is 2.95. The highest BCUT2D eigenvalue weighted by molar-refractivity contribution is 9.10. The van der Waals surface area contributed by atoms with Crippen molar-refractivity contribution in [3.05, 3.63) is 28.7 Å². The molecule has 2 aromatic rings. The number of anilines is 2. The van der Waals surface area contributed by atoms with E-state index in [0.29, 0.717) is 11.7 Å². The normalized spacial score (nSPS) is 14.6. The van der Waals surface area contributed by atoms with E-state index in [1.54, 1.807) is 0 Å². The van der Waals surface area contributed by atoms with E-state index in [2.05, 4.69) is 35.8 Å². The molecule has 0 spiro atoms. The number of nitrogens with zero attached hydrogens (tertiary/aromatic N) is 4. The second-order valence-electron chi connectivity index (χ2n) is 4.53. The molecule has 3 rings (SSSR count). The molecule has 1 aliphatic heterocycles. The van der Waals surface area contributed by atoms with Crippen LogP contribution in [0.15, 0.2) is 28.7 Å². The minimum Gasteiger partial charge on any atom is -0.424 e. The smallest absolute Gasteiger partial charge is 0.328 e. The molecular formula is C13H14BrN5O. The molecule has 0 bridgehead atoms. The maximum atomic E-state index is 5.73. The molecule has 1 aromatic heterocycles. The number of halogens is 1. The van der Waals surface area contributed by atoms with Crippen molar-refractivity contribution in [3.63, 3.8) is 0 Å². The van der Waals surface area contributed by atoms with Crippen molar-refractivity contribution in [2.45, 2.75) is 12.8 Å². The number of benzene rings is 1. The Labute approximate surface area is 125 Å². The fourth-order valence-corrected chi connectivity index (χ4v) is 2.34. The van der Waals surface area contributed by atoms with E-state index in [-0.39, 0.29) is 12.0 Å². The zero-order valence-electron chi connectivity index (χ0n) is 10.8. The van der Waals surface area contributed by atoms with Crippen LogP contribution in [0.1, 0.15) is 12.8 Å². The molecule has 20 heavy (non-hydrogen) atoms. The average molecular weight is 336 g/mol. The van der Waals surface area contributed by atoms with Crippen molar-refractivity contribution < 1.29 is 4.74 Å². The summed E-state index contributed by atoms with van der Waals surface area (Å²) in [5, 5.41) is 0. The van der Waals surface area contributed by atoms with Crippen molar-refractivity contribution in [3.8, 4) is 11.8 Å². The van der Waals surface area contributed by atoms with Gasteiger partial charge in [0.1, 0.15) is 5.75 Å². The molecule has 0 atom stereocenters. The minimum atomic E-state index is 0.175. The lowest BCUT2D eigenvalue weighted by molar-refractivity contribution is 0.440. The molecule has 7 heteroatoms. The van der Waals surface area contributed by atoms with Crippen LogP contribution in [0.4, 0.5) is 11.9 Å². The summed E-state index contributed by atoms with van der Waals surface area (Å²) in [6, 6.07) is 7.67. The second-order valence-corrected chi connectivity index (χ2v) is 5.44. The molecule has 1 saturated heterocycles. The first-order valence-electron chi connectivity index (χ1n) is 6.40. The summed E-state index contributed by atoms with van der Waals surface area (Å²) >= 11 is 3.38. The Kier molecular flexibility index (Phi) is 3.68. The molecule has 0 unspecified atom stereocenters. The van der Waals surface area contributed by atoms with Gasteiger partial charge >= 0.3 is 6.01 Å². The van der Waals surface area contributed by atoms with E-state index in [1.807, 2.05) is 24.3 Å². The Morgan fingerprint density at radius 1 is 1.05 bits per heavy atom. The molecule has 1 aromatic carbocycles. The SMILES string of the molecule is Nc1nc(Oc2ccc(Br)cc2)nc(N2CCCC2)n1. The van der Waals surface area contributed by atoms with Crippen LogP contribution in [0.5, 0.6) is 11.8 Å². The number of aromatic nitrogens is 3. The van der Waals surface area contributed by atoms with Gasteiger partial charge in [-0.05, 0) is 37.1 Å².